The van der Waals surface area contributed by atoms with Gasteiger partial charge in [-0.05, 0) is 36.7 Å². The molecule has 1 atom stereocenters. The highest BCUT2D eigenvalue weighted by Crippen LogP contribution is 2.35. The molecule has 0 bridgehead atoms. The fraction of sp³-hybridized carbons (Fsp3) is 0.429. The molecule has 0 spiro atoms. The molecule has 2 aromatic rings. The highest BCUT2D eigenvalue weighted by molar-refractivity contribution is 7.91. The van der Waals surface area contributed by atoms with Crippen LogP contribution in [0.25, 0.3) is 0 Å². The molecule has 0 saturated carbocycles. The molecule has 6 heteroatoms. The van der Waals surface area contributed by atoms with E-state index in [1.54, 1.807) is 0 Å². The molecule has 2 aliphatic rings. The zero-order valence-corrected chi connectivity index (χ0v) is 16.4. The second-order valence-electron chi connectivity index (χ2n) is 7.34. The zero-order valence-electron chi connectivity index (χ0n) is 15.5. The van der Waals surface area contributed by atoms with E-state index in [0.29, 0.717) is 13.0 Å². The molecule has 2 aromatic carbocycles. The van der Waals surface area contributed by atoms with Crippen LogP contribution in [0.1, 0.15) is 17.2 Å². The normalized spacial score (nSPS) is 20.3. The fourth-order valence-electron chi connectivity index (χ4n) is 4.07. The van der Waals surface area contributed by atoms with Crippen LogP contribution in [0, 0.1) is 0 Å². The lowest BCUT2D eigenvalue weighted by Gasteiger charge is -2.36. The Balaban J connectivity index is 1.26. The van der Waals surface area contributed by atoms with Gasteiger partial charge in [0.1, 0.15) is 5.25 Å². The molecular formula is C21H27N3O2S. The Kier molecular flexibility index (Phi) is 5.36. The number of anilines is 2. The number of fused-ring (bicyclic) bond motifs is 1. The van der Waals surface area contributed by atoms with Crippen molar-refractivity contribution in [1.82, 2.24) is 4.90 Å². The van der Waals surface area contributed by atoms with Crippen LogP contribution >= 0.6 is 0 Å². The average molecular weight is 386 g/mol. The summed E-state index contributed by atoms with van der Waals surface area (Å²) < 4.78 is 25.6. The highest BCUT2D eigenvalue weighted by Gasteiger charge is 2.32. The Morgan fingerprint density at radius 3 is 2.41 bits per heavy atom. The Labute approximate surface area is 161 Å². The SMILES string of the molecule is O=S(=O)(CCCN1CCN(c2ccccc2)CC1)C1CNc2ccccc21. The fourth-order valence-corrected chi connectivity index (χ4v) is 5.82. The van der Waals surface area contributed by atoms with Crippen LogP contribution in [-0.2, 0) is 9.84 Å². The summed E-state index contributed by atoms with van der Waals surface area (Å²) in [7, 11) is -3.13. The van der Waals surface area contributed by atoms with Gasteiger partial charge in [0.05, 0.1) is 5.75 Å². The largest absolute Gasteiger partial charge is 0.383 e. The van der Waals surface area contributed by atoms with Crippen molar-refractivity contribution in [1.29, 1.82) is 0 Å². The van der Waals surface area contributed by atoms with Gasteiger partial charge in [0.15, 0.2) is 9.84 Å². The van der Waals surface area contributed by atoms with Crippen LogP contribution in [0.15, 0.2) is 54.6 Å². The van der Waals surface area contributed by atoms with E-state index in [9.17, 15) is 8.42 Å². The maximum Gasteiger partial charge on any atom is 0.159 e. The molecule has 144 valence electrons. The summed E-state index contributed by atoms with van der Waals surface area (Å²) in [6, 6.07) is 18.2. The van der Waals surface area contributed by atoms with E-state index in [-0.39, 0.29) is 5.75 Å². The van der Waals surface area contributed by atoms with Crippen LogP contribution in [0.3, 0.4) is 0 Å². The van der Waals surface area contributed by atoms with Crippen molar-refractivity contribution in [3.63, 3.8) is 0 Å². The summed E-state index contributed by atoms with van der Waals surface area (Å²) in [6.07, 6.45) is 0.701. The van der Waals surface area contributed by atoms with Crippen LogP contribution in [0.2, 0.25) is 0 Å². The van der Waals surface area contributed by atoms with Crippen LogP contribution in [0.4, 0.5) is 11.4 Å². The molecule has 1 N–H and O–H groups in total. The number of para-hydroxylation sites is 2. The minimum absolute atomic E-state index is 0.257. The van der Waals surface area contributed by atoms with Gasteiger partial charge >= 0.3 is 0 Å². The molecule has 0 aromatic heterocycles. The first kappa shape index (κ1) is 18.3. The number of rotatable bonds is 6. The monoisotopic (exact) mass is 385 g/mol. The summed E-state index contributed by atoms with van der Waals surface area (Å²) in [6.45, 7) is 5.32. The van der Waals surface area contributed by atoms with Gasteiger partial charge in [-0.3, -0.25) is 4.90 Å². The van der Waals surface area contributed by atoms with E-state index in [2.05, 4.69) is 39.4 Å². The quantitative estimate of drug-likeness (QED) is 0.829. The van der Waals surface area contributed by atoms with Crippen molar-refractivity contribution in [3.8, 4) is 0 Å². The second-order valence-corrected chi connectivity index (χ2v) is 9.64. The van der Waals surface area contributed by atoms with Gasteiger partial charge < -0.3 is 10.2 Å². The lowest BCUT2D eigenvalue weighted by molar-refractivity contribution is 0.258. The maximum absolute atomic E-state index is 12.8. The number of piperazine rings is 1. The number of nitrogens with zero attached hydrogens (tertiary/aromatic N) is 2. The maximum atomic E-state index is 12.8. The molecule has 27 heavy (non-hydrogen) atoms. The van der Waals surface area contributed by atoms with E-state index in [1.165, 1.54) is 5.69 Å². The number of sulfone groups is 1. The van der Waals surface area contributed by atoms with E-state index >= 15 is 0 Å². The Hall–Kier alpha value is -2.05. The molecule has 5 nitrogen and oxygen atoms in total. The highest BCUT2D eigenvalue weighted by atomic mass is 32.2. The summed E-state index contributed by atoms with van der Waals surface area (Å²) in [4.78, 5) is 4.78. The van der Waals surface area contributed by atoms with E-state index in [1.807, 2.05) is 30.3 Å². The van der Waals surface area contributed by atoms with Gasteiger partial charge in [0, 0.05) is 44.1 Å². The number of hydrogen-bond acceptors (Lipinski definition) is 5. The predicted molar refractivity (Wildman–Crippen MR) is 111 cm³/mol. The summed E-state index contributed by atoms with van der Waals surface area (Å²) in [5.41, 5.74) is 3.16. The third-order valence-corrected chi connectivity index (χ3v) is 7.76. The van der Waals surface area contributed by atoms with Crippen molar-refractivity contribution in [3.05, 3.63) is 60.2 Å². The van der Waals surface area contributed by atoms with E-state index in [0.717, 1.165) is 44.0 Å². The minimum Gasteiger partial charge on any atom is -0.383 e. The average Bonchev–Trinajstić information content (AvgIpc) is 3.14. The molecule has 1 saturated heterocycles. The summed E-state index contributed by atoms with van der Waals surface area (Å²) in [5.74, 6) is 0.257. The van der Waals surface area contributed by atoms with Gasteiger partial charge in [0.2, 0.25) is 0 Å². The van der Waals surface area contributed by atoms with Crippen LogP contribution in [0.5, 0.6) is 0 Å². The van der Waals surface area contributed by atoms with E-state index < -0.39 is 15.1 Å². The van der Waals surface area contributed by atoms with Gasteiger partial charge in [-0.25, -0.2) is 8.42 Å². The topological polar surface area (TPSA) is 52.7 Å². The third-order valence-electron chi connectivity index (χ3n) is 5.62. The third kappa shape index (κ3) is 4.12. The Morgan fingerprint density at radius 2 is 1.63 bits per heavy atom. The molecule has 0 radical (unpaired) electrons. The van der Waals surface area contributed by atoms with Crippen molar-refractivity contribution in [2.24, 2.45) is 0 Å². The molecule has 2 aliphatic heterocycles. The molecule has 0 aliphatic carbocycles. The number of hydrogen-bond donors (Lipinski definition) is 1. The van der Waals surface area contributed by atoms with Gasteiger partial charge in [0.25, 0.3) is 0 Å². The Bertz CT molecular complexity index is 862. The number of nitrogens with one attached hydrogen (secondary N) is 1. The first-order chi connectivity index (χ1) is 13.1. The summed E-state index contributed by atoms with van der Waals surface area (Å²) in [5, 5.41) is 2.82. The second kappa shape index (κ2) is 7.90. The Morgan fingerprint density at radius 1 is 0.926 bits per heavy atom. The lowest BCUT2D eigenvalue weighted by Crippen LogP contribution is -2.46. The van der Waals surface area contributed by atoms with E-state index in [4.69, 9.17) is 0 Å². The van der Waals surface area contributed by atoms with Crippen molar-refractivity contribution in [2.75, 3.05) is 55.2 Å². The standard InChI is InChI=1S/C21H27N3O2S/c25-27(26,21-17-22-20-10-5-4-9-19(20)21)16-6-11-23-12-14-24(15-13-23)18-7-2-1-3-8-18/h1-5,7-10,21-22H,6,11-17H2. The van der Waals surface area contributed by atoms with Gasteiger partial charge in [-0.1, -0.05) is 36.4 Å². The van der Waals surface area contributed by atoms with Crippen molar-refractivity contribution < 1.29 is 8.42 Å². The van der Waals surface area contributed by atoms with Crippen molar-refractivity contribution >= 4 is 21.2 Å². The van der Waals surface area contributed by atoms with Crippen LogP contribution in [-0.4, -0.2) is 58.3 Å². The molecule has 1 unspecified atom stereocenters. The van der Waals surface area contributed by atoms with Gasteiger partial charge in [-0.15, -0.1) is 0 Å². The molecule has 2 heterocycles. The molecule has 1 fully saturated rings. The minimum atomic E-state index is -3.13. The van der Waals surface area contributed by atoms with Crippen molar-refractivity contribution in [2.45, 2.75) is 11.7 Å². The molecule has 4 rings (SSSR count). The van der Waals surface area contributed by atoms with Crippen LogP contribution < -0.4 is 10.2 Å². The first-order valence-corrected chi connectivity index (χ1v) is 11.4. The predicted octanol–water partition coefficient (Wildman–Crippen LogP) is 2.78. The summed E-state index contributed by atoms with van der Waals surface area (Å²) >= 11 is 0. The smallest absolute Gasteiger partial charge is 0.159 e. The number of benzene rings is 2. The first-order valence-electron chi connectivity index (χ1n) is 9.70. The molecular weight excluding hydrogens is 358 g/mol. The molecule has 0 amide bonds. The lowest BCUT2D eigenvalue weighted by atomic mass is 10.2. The van der Waals surface area contributed by atoms with Gasteiger partial charge in [-0.2, -0.15) is 0 Å². The zero-order chi connectivity index (χ0) is 18.7.